The van der Waals surface area contributed by atoms with E-state index in [1.807, 2.05) is 31.2 Å². The molecule has 0 aromatic heterocycles. The van der Waals surface area contributed by atoms with Gasteiger partial charge in [-0.15, -0.1) is 0 Å². The second kappa shape index (κ2) is 7.06. The molecule has 25 heavy (non-hydrogen) atoms. The number of benzene rings is 2. The van der Waals surface area contributed by atoms with Gasteiger partial charge in [0.1, 0.15) is 0 Å². The molecule has 1 saturated carbocycles. The summed E-state index contributed by atoms with van der Waals surface area (Å²) >= 11 is 0. The first kappa shape index (κ1) is 17.8. The van der Waals surface area contributed by atoms with Gasteiger partial charge < -0.3 is 9.47 Å². The van der Waals surface area contributed by atoms with E-state index in [0.717, 1.165) is 24.0 Å². The minimum Gasteiger partial charge on any atom is -0.493 e. The number of hydrogen-bond acceptors (Lipinski definition) is 4. The van der Waals surface area contributed by atoms with Gasteiger partial charge in [-0.25, -0.2) is 13.1 Å². The van der Waals surface area contributed by atoms with Gasteiger partial charge in [0.25, 0.3) is 0 Å². The highest BCUT2D eigenvalue weighted by Crippen LogP contribution is 2.42. The molecule has 3 rings (SSSR count). The molecule has 1 aliphatic rings. The summed E-state index contributed by atoms with van der Waals surface area (Å²) in [5.41, 5.74) is 2.15. The largest absolute Gasteiger partial charge is 0.493 e. The molecule has 2 aromatic rings. The lowest BCUT2D eigenvalue weighted by Crippen LogP contribution is -2.30. The minimum absolute atomic E-state index is 0.169. The van der Waals surface area contributed by atoms with Gasteiger partial charge in [0.05, 0.1) is 19.1 Å². The third kappa shape index (κ3) is 3.96. The molecule has 0 saturated heterocycles. The number of rotatable bonds is 7. The minimum atomic E-state index is -3.67. The molecule has 0 amide bonds. The van der Waals surface area contributed by atoms with Crippen LogP contribution in [0.1, 0.15) is 30.0 Å². The lowest BCUT2D eigenvalue weighted by atomic mass is 10.0. The smallest absolute Gasteiger partial charge is 0.241 e. The van der Waals surface area contributed by atoms with Gasteiger partial charge in [-0.05, 0) is 43.4 Å². The van der Waals surface area contributed by atoms with E-state index in [1.165, 1.54) is 26.4 Å². The monoisotopic (exact) mass is 361 g/mol. The highest BCUT2D eigenvalue weighted by atomic mass is 32.2. The number of sulfonamides is 1. The summed E-state index contributed by atoms with van der Waals surface area (Å²) in [5.74, 6) is 1.24. The Hall–Kier alpha value is -2.05. The van der Waals surface area contributed by atoms with Crippen LogP contribution >= 0.6 is 0 Å². The fraction of sp³-hybridized carbons (Fsp3) is 0.368. The van der Waals surface area contributed by atoms with Crippen LogP contribution in [-0.4, -0.2) is 22.6 Å². The summed E-state index contributed by atoms with van der Waals surface area (Å²) in [6.45, 7) is 2.02. The van der Waals surface area contributed by atoms with E-state index in [9.17, 15) is 8.42 Å². The van der Waals surface area contributed by atoms with Gasteiger partial charge >= 0.3 is 0 Å². The summed E-state index contributed by atoms with van der Waals surface area (Å²) in [4.78, 5) is 0.169. The van der Waals surface area contributed by atoms with Crippen molar-refractivity contribution in [1.82, 2.24) is 4.72 Å². The number of hydrogen-bond donors (Lipinski definition) is 1. The fourth-order valence-electron chi connectivity index (χ4n) is 2.86. The molecule has 1 N–H and O–H groups in total. The fourth-order valence-corrected chi connectivity index (χ4v) is 4.17. The van der Waals surface area contributed by atoms with Crippen molar-refractivity contribution in [3.05, 3.63) is 53.6 Å². The van der Waals surface area contributed by atoms with Crippen molar-refractivity contribution < 1.29 is 17.9 Å². The van der Waals surface area contributed by atoms with Crippen molar-refractivity contribution in [2.24, 2.45) is 5.92 Å². The predicted molar refractivity (Wildman–Crippen MR) is 96.5 cm³/mol. The predicted octanol–water partition coefficient (Wildman–Crippen LogP) is 3.44. The van der Waals surface area contributed by atoms with Crippen LogP contribution in [0.4, 0.5) is 0 Å². The van der Waals surface area contributed by atoms with E-state index in [2.05, 4.69) is 4.72 Å². The Kier molecular flexibility index (Phi) is 5.01. The lowest BCUT2D eigenvalue weighted by molar-refractivity contribution is 0.354. The average molecular weight is 361 g/mol. The van der Waals surface area contributed by atoms with E-state index in [1.54, 1.807) is 6.07 Å². The molecule has 0 aliphatic heterocycles. The Bertz CT molecular complexity index is 842. The highest BCUT2D eigenvalue weighted by Gasteiger charge is 2.35. The maximum Gasteiger partial charge on any atom is 0.241 e. The molecule has 0 unspecified atom stereocenters. The number of aryl methyl sites for hydroxylation is 1. The van der Waals surface area contributed by atoms with Crippen molar-refractivity contribution in [2.45, 2.75) is 30.7 Å². The average Bonchev–Trinajstić information content (AvgIpc) is 3.45. The molecular weight excluding hydrogens is 338 g/mol. The molecule has 1 atom stereocenters. The summed E-state index contributed by atoms with van der Waals surface area (Å²) < 4.78 is 39.0. The first-order valence-corrected chi connectivity index (χ1v) is 9.74. The van der Waals surface area contributed by atoms with Gasteiger partial charge in [-0.3, -0.25) is 0 Å². The first-order chi connectivity index (χ1) is 11.9. The van der Waals surface area contributed by atoms with Gasteiger partial charge in [-0.1, -0.05) is 29.8 Å². The third-order valence-corrected chi connectivity index (χ3v) is 5.92. The SMILES string of the molecule is COc1ccc(S(=O)(=O)N[C@@H](c2ccc(C)cc2)C2CC2)cc1OC. The van der Waals surface area contributed by atoms with Gasteiger partial charge in [0.2, 0.25) is 10.0 Å². The Balaban J connectivity index is 1.89. The quantitative estimate of drug-likeness (QED) is 0.820. The van der Waals surface area contributed by atoms with E-state index >= 15 is 0 Å². The molecule has 134 valence electrons. The third-order valence-electron chi connectivity index (χ3n) is 4.48. The van der Waals surface area contributed by atoms with Crippen LogP contribution in [0, 0.1) is 12.8 Å². The second-order valence-corrected chi connectivity index (χ2v) is 8.08. The lowest BCUT2D eigenvalue weighted by Gasteiger charge is -2.19. The zero-order valence-corrected chi connectivity index (χ0v) is 15.5. The molecule has 6 heteroatoms. The zero-order valence-electron chi connectivity index (χ0n) is 14.7. The van der Waals surface area contributed by atoms with E-state index in [4.69, 9.17) is 9.47 Å². The van der Waals surface area contributed by atoms with Crippen LogP contribution < -0.4 is 14.2 Å². The standard InChI is InChI=1S/C19H23NO4S/c1-13-4-6-14(7-5-13)19(15-8-9-15)20-25(21,22)16-10-11-17(23-2)18(12-16)24-3/h4-7,10-12,15,19-20H,8-9H2,1-3H3/t19-/m0/s1. The van der Waals surface area contributed by atoms with E-state index < -0.39 is 10.0 Å². The number of nitrogens with one attached hydrogen (secondary N) is 1. The zero-order chi connectivity index (χ0) is 18.0. The first-order valence-electron chi connectivity index (χ1n) is 8.25. The molecule has 0 heterocycles. The Morgan fingerprint density at radius 2 is 1.64 bits per heavy atom. The number of methoxy groups -OCH3 is 2. The Morgan fingerprint density at radius 1 is 1.00 bits per heavy atom. The molecule has 5 nitrogen and oxygen atoms in total. The van der Waals surface area contributed by atoms with Gasteiger partial charge in [-0.2, -0.15) is 0 Å². The second-order valence-electron chi connectivity index (χ2n) is 6.36. The van der Waals surface area contributed by atoms with Crippen LogP contribution in [0.3, 0.4) is 0 Å². The molecule has 1 fully saturated rings. The van der Waals surface area contributed by atoms with Crippen molar-refractivity contribution in [3.63, 3.8) is 0 Å². The van der Waals surface area contributed by atoms with Crippen LogP contribution in [-0.2, 0) is 10.0 Å². The normalized spacial score (nSPS) is 15.6. The number of ether oxygens (including phenoxy) is 2. The summed E-state index contributed by atoms with van der Waals surface area (Å²) in [6, 6.07) is 12.4. The molecular formula is C19H23NO4S. The Labute approximate surface area is 149 Å². The molecule has 2 aromatic carbocycles. The maximum atomic E-state index is 12.9. The van der Waals surface area contributed by atoms with Crippen molar-refractivity contribution in [3.8, 4) is 11.5 Å². The van der Waals surface area contributed by atoms with E-state index in [0.29, 0.717) is 17.4 Å². The van der Waals surface area contributed by atoms with Crippen LogP contribution in [0.15, 0.2) is 47.4 Å². The van der Waals surface area contributed by atoms with Crippen molar-refractivity contribution in [2.75, 3.05) is 14.2 Å². The van der Waals surface area contributed by atoms with Crippen LogP contribution in [0.5, 0.6) is 11.5 Å². The summed E-state index contributed by atoms with van der Waals surface area (Å²) in [6.07, 6.45) is 2.07. The molecule has 0 bridgehead atoms. The van der Waals surface area contributed by atoms with Gasteiger partial charge in [0.15, 0.2) is 11.5 Å². The van der Waals surface area contributed by atoms with Crippen LogP contribution in [0.2, 0.25) is 0 Å². The Morgan fingerprint density at radius 3 is 2.20 bits per heavy atom. The molecule has 0 spiro atoms. The maximum absolute atomic E-state index is 12.9. The summed E-state index contributed by atoms with van der Waals surface area (Å²) in [5, 5.41) is 0. The van der Waals surface area contributed by atoms with E-state index in [-0.39, 0.29) is 10.9 Å². The summed E-state index contributed by atoms with van der Waals surface area (Å²) in [7, 11) is -0.660. The topological polar surface area (TPSA) is 64.6 Å². The van der Waals surface area contributed by atoms with Crippen molar-refractivity contribution in [1.29, 1.82) is 0 Å². The molecule has 1 aliphatic carbocycles. The highest BCUT2D eigenvalue weighted by molar-refractivity contribution is 7.89. The van der Waals surface area contributed by atoms with Crippen LogP contribution in [0.25, 0.3) is 0 Å². The van der Waals surface area contributed by atoms with Gasteiger partial charge in [0, 0.05) is 12.1 Å². The van der Waals surface area contributed by atoms with Crippen molar-refractivity contribution >= 4 is 10.0 Å². The molecule has 0 radical (unpaired) electrons.